The van der Waals surface area contributed by atoms with Crippen molar-refractivity contribution in [1.29, 1.82) is 0 Å². The quantitative estimate of drug-likeness (QED) is 0.509. The van der Waals surface area contributed by atoms with Gasteiger partial charge in [0.05, 0.1) is 23.6 Å². The van der Waals surface area contributed by atoms with Gasteiger partial charge in [0.15, 0.2) is 5.78 Å². The number of carbonyl (C=O) groups excluding carboxylic acids is 2. The summed E-state index contributed by atoms with van der Waals surface area (Å²) in [6, 6.07) is 7.98. The third-order valence-corrected chi connectivity index (χ3v) is 5.12. The first-order valence-corrected chi connectivity index (χ1v) is 8.28. The van der Waals surface area contributed by atoms with Crippen LogP contribution < -0.4 is 0 Å². The highest BCUT2D eigenvalue weighted by Gasteiger charge is 2.26. The van der Waals surface area contributed by atoms with E-state index in [1.807, 2.05) is 38.1 Å². The number of esters is 1. The average Bonchev–Trinajstić information content (AvgIpc) is 2.82. The number of ketones is 1. The Morgan fingerprint density at radius 3 is 2.43 bits per heavy atom. The van der Waals surface area contributed by atoms with Gasteiger partial charge in [0.1, 0.15) is 0 Å². The van der Waals surface area contributed by atoms with E-state index in [0.717, 1.165) is 10.5 Å². The molecule has 5 heteroatoms. The van der Waals surface area contributed by atoms with Gasteiger partial charge >= 0.3 is 5.97 Å². The van der Waals surface area contributed by atoms with E-state index in [1.165, 1.54) is 18.9 Å². The lowest BCUT2D eigenvalue weighted by Crippen LogP contribution is -2.15. The molecule has 2 rings (SSSR count). The molecular weight excluding hydrogens is 310 g/mol. The van der Waals surface area contributed by atoms with E-state index < -0.39 is 5.97 Å². The van der Waals surface area contributed by atoms with Crippen LogP contribution in [-0.4, -0.2) is 29.1 Å². The number of hydrogen-bond donors (Lipinski definition) is 1. The van der Waals surface area contributed by atoms with Gasteiger partial charge in [-0.2, -0.15) is 0 Å². The van der Waals surface area contributed by atoms with E-state index in [1.54, 1.807) is 13.8 Å². The fourth-order valence-electron chi connectivity index (χ4n) is 2.54. The standard InChI is InChI=1S/C18H21NO3S/c1-10-8-6-7-9-14(10)23-13(4)17(20)16-11(2)15(12(3)19-16)18(21)22-5/h6-9,13,19H,1-5H3. The van der Waals surface area contributed by atoms with Gasteiger partial charge in [-0.25, -0.2) is 4.79 Å². The molecule has 0 spiro atoms. The molecule has 2 aromatic rings. The number of Topliss-reactive ketones (excluding diaryl/α,β-unsaturated/α-hetero) is 1. The smallest absolute Gasteiger partial charge is 0.339 e. The lowest BCUT2D eigenvalue weighted by Gasteiger charge is -2.12. The van der Waals surface area contributed by atoms with Crippen molar-refractivity contribution in [3.8, 4) is 0 Å². The number of carbonyl (C=O) groups is 2. The highest BCUT2D eigenvalue weighted by molar-refractivity contribution is 8.00. The molecule has 1 unspecified atom stereocenters. The Labute approximate surface area is 140 Å². The summed E-state index contributed by atoms with van der Waals surface area (Å²) in [5.41, 5.74) is 3.38. The summed E-state index contributed by atoms with van der Waals surface area (Å²) >= 11 is 1.53. The highest BCUT2D eigenvalue weighted by Crippen LogP contribution is 2.29. The number of rotatable bonds is 5. The molecule has 0 fully saturated rings. The minimum absolute atomic E-state index is 0.0194. The van der Waals surface area contributed by atoms with Gasteiger partial charge < -0.3 is 9.72 Å². The molecule has 23 heavy (non-hydrogen) atoms. The molecule has 122 valence electrons. The van der Waals surface area contributed by atoms with E-state index in [0.29, 0.717) is 22.5 Å². The van der Waals surface area contributed by atoms with Crippen LogP contribution in [0, 0.1) is 20.8 Å². The van der Waals surface area contributed by atoms with Gasteiger partial charge in [-0.05, 0) is 44.9 Å². The molecule has 0 amide bonds. The summed E-state index contributed by atoms with van der Waals surface area (Å²) in [6.45, 7) is 7.45. The average molecular weight is 331 g/mol. The minimum atomic E-state index is -0.422. The minimum Gasteiger partial charge on any atom is -0.465 e. The first kappa shape index (κ1) is 17.3. The van der Waals surface area contributed by atoms with Crippen molar-refractivity contribution in [2.45, 2.75) is 37.8 Å². The number of aromatic amines is 1. The first-order chi connectivity index (χ1) is 10.9. The van der Waals surface area contributed by atoms with E-state index in [9.17, 15) is 9.59 Å². The van der Waals surface area contributed by atoms with Gasteiger partial charge in [0.2, 0.25) is 0 Å². The van der Waals surface area contributed by atoms with Gasteiger partial charge in [-0.15, -0.1) is 11.8 Å². The van der Waals surface area contributed by atoms with Crippen LogP contribution >= 0.6 is 11.8 Å². The third kappa shape index (κ3) is 3.50. The van der Waals surface area contributed by atoms with Crippen LogP contribution in [0.5, 0.6) is 0 Å². The molecule has 1 N–H and O–H groups in total. The van der Waals surface area contributed by atoms with Gasteiger partial charge in [-0.3, -0.25) is 4.79 Å². The van der Waals surface area contributed by atoms with Crippen LogP contribution in [0.2, 0.25) is 0 Å². The number of thioether (sulfide) groups is 1. The summed E-state index contributed by atoms with van der Waals surface area (Å²) < 4.78 is 4.79. The zero-order chi connectivity index (χ0) is 17.1. The lowest BCUT2D eigenvalue weighted by atomic mass is 10.1. The molecule has 4 nitrogen and oxygen atoms in total. The Morgan fingerprint density at radius 2 is 1.83 bits per heavy atom. The van der Waals surface area contributed by atoms with Crippen molar-refractivity contribution < 1.29 is 14.3 Å². The highest BCUT2D eigenvalue weighted by atomic mass is 32.2. The summed E-state index contributed by atoms with van der Waals surface area (Å²) in [4.78, 5) is 28.7. The van der Waals surface area contributed by atoms with Crippen LogP contribution in [-0.2, 0) is 4.74 Å². The van der Waals surface area contributed by atoms with Crippen molar-refractivity contribution in [2.75, 3.05) is 7.11 Å². The Kier molecular flexibility index (Phi) is 5.31. The zero-order valence-corrected chi connectivity index (χ0v) is 14.8. The topological polar surface area (TPSA) is 59.2 Å². The SMILES string of the molecule is COC(=O)c1c(C)[nH]c(C(=O)C(C)Sc2ccccc2C)c1C. The van der Waals surface area contributed by atoms with Crippen LogP contribution in [0.1, 0.15) is 44.6 Å². The predicted molar refractivity (Wildman–Crippen MR) is 92.4 cm³/mol. The Hall–Kier alpha value is -2.01. The van der Waals surface area contributed by atoms with Gasteiger partial charge in [0.25, 0.3) is 0 Å². The molecule has 1 aromatic heterocycles. The molecular formula is C18H21NO3S. The summed E-state index contributed by atoms with van der Waals surface area (Å²) in [5, 5.41) is -0.252. The molecule has 0 bridgehead atoms. The molecule has 0 saturated heterocycles. The van der Waals surface area contributed by atoms with Crippen molar-refractivity contribution in [2.24, 2.45) is 0 Å². The summed E-state index contributed by atoms with van der Waals surface area (Å²) in [7, 11) is 1.34. The normalized spacial score (nSPS) is 12.0. The third-order valence-electron chi connectivity index (χ3n) is 3.84. The second-order valence-electron chi connectivity index (χ2n) is 5.51. The molecule has 0 aliphatic rings. The molecule has 1 heterocycles. The van der Waals surface area contributed by atoms with Crippen LogP contribution in [0.25, 0.3) is 0 Å². The second-order valence-corrected chi connectivity index (χ2v) is 6.89. The molecule has 0 aliphatic carbocycles. The lowest BCUT2D eigenvalue weighted by molar-refractivity contribution is 0.0599. The second kappa shape index (κ2) is 7.04. The molecule has 0 saturated carbocycles. The van der Waals surface area contributed by atoms with Gasteiger partial charge in [-0.1, -0.05) is 18.2 Å². The molecule has 1 aromatic carbocycles. The maximum atomic E-state index is 12.8. The largest absolute Gasteiger partial charge is 0.465 e. The number of benzene rings is 1. The summed E-state index contributed by atoms with van der Waals surface area (Å²) in [5.74, 6) is -0.441. The zero-order valence-electron chi connectivity index (χ0n) is 14.0. The van der Waals surface area contributed by atoms with Gasteiger partial charge in [0, 0.05) is 10.6 Å². The first-order valence-electron chi connectivity index (χ1n) is 7.40. The van der Waals surface area contributed by atoms with E-state index in [2.05, 4.69) is 4.98 Å². The number of nitrogens with one attached hydrogen (secondary N) is 1. The van der Waals surface area contributed by atoms with Crippen molar-refractivity contribution in [3.63, 3.8) is 0 Å². The number of ether oxygens (including phenoxy) is 1. The van der Waals surface area contributed by atoms with E-state index >= 15 is 0 Å². The Balaban J connectivity index is 2.27. The number of aromatic nitrogens is 1. The maximum absolute atomic E-state index is 12.8. The van der Waals surface area contributed by atoms with Crippen molar-refractivity contribution in [3.05, 3.63) is 52.3 Å². The Morgan fingerprint density at radius 1 is 1.17 bits per heavy atom. The maximum Gasteiger partial charge on any atom is 0.339 e. The van der Waals surface area contributed by atoms with E-state index in [-0.39, 0.29) is 11.0 Å². The number of hydrogen-bond acceptors (Lipinski definition) is 4. The molecule has 1 atom stereocenters. The fraction of sp³-hybridized carbons (Fsp3) is 0.333. The summed E-state index contributed by atoms with van der Waals surface area (Å²) in [6.07, 6.45) is 0. The number of aryl methyl sites for hydroxylation is 2. The molecule has 0 radical (unpaired) electrons. The van der Waals surface area contributed by atoms with Crippen LogP contribution in [0.4, 0.5) is 0 Å². The van der Waals surface area contributed by atoms with Crippen LogP contribution in [0.15, 0.2) is 29.2 Å². The molecule has 0 aliphatic heterocycles. The number of methoxy groups -OCH3 is 1. The van der Waals surface area contributed by atoms with E-state index in [4.69, 9.17) is 4.74 Å². The van der Waals surface area contributed by atoms with Crippen molar-refractivity contribution >= 4 is 23.5 Å². The monoisotopic (exact) mass is 331 g/mol. The Bertz CT molecular complexity index is 749. The predicted octanol–water partition coefficient (Wildman–Crippen LogP) is 4.09. The van der Waals surface area contributed by atoms with Crippen LogP contribution in [0.3, 0.4) is 0 Å². The fourth-order valence-corrected chi connectivity index (χ4v) is 3.56. The van der Waals surface area contributed by atoms with Crippen molar-refractivity contribution in [1.82, 2.24) is 4.98 Å². The number of H-pyrrole nitrogens is 1.